The normalized spacial score (nSPS) is 18.9. The summed E-state index contributed by atoms with van der Waals surface area (Å²) >= 11 is 0. The Balaban J connectivity index is 0.00000162. The highest BCUT2D eigenvalue weighted by molar-refractivity contribution is 7.91. The molecule has 1 saturated heterocycles. The molecule has 98 valence electrons. The average molecular weight is 288 g/mol. The Bertz CT molecular complexity index is 548. The van der Waals surface area contributed by atoms with Crippen LogP contribution in [0.2, 0.25) is 0 Å². The third-order valence-corrected chi connectivity index (χ3v) is 4.57. The topological polar surface area (TPSA) is 82.8 Å². The molecule has 0 aliphatic carbocycles. The van der Waals surface area contributed by atoms with Crippen molar-refractivity contribution >= 4 is 22.2 Å². The van der Waals surface area contributed by atoms with Crippen LogP contribution in [0.1, 0.15) is 12.0 Å². The Morgan fingerprint density at radius 3 is 2.94 bits per heavy atom. The first-order valence-corrected chi connectivity index (χ1v) is 7.07. The molecule has 1 aromatic heterocycles. The van der Waals surface area contributed by atoms with Crippen molar-refractivity contribution in [1.29, 1.82) is 5.26 Å². The molecule has 1 fully saturated rings. The molecule has 5 nitrogen and oxygen atoms in total. The van der Waals surface area contributed by atoms with Crippen LogP contribution in [0, 0.1) is 17.2 Å². The maximum Gasteiger partial charge on any atom is 0.195 e. The van der Waals surface area contributed by atoms with E-state index in [2.05, 4.69) is 10.3 Å². The lowest BCUT2D eigenvalue weighted by Gasteiger charge is -2.08. The Hall–Kier alpha value is -1.16. The second-order valence-corrected chi connectivity index (χ2v) is 6.12. The van der Waals surface area contributed by atoms with Crippen molar-refractivity contribution in [3.05, 3.63) is 23.9 Å². The van der Waals surface area contributed by atoms with E-state index in [4.69, 9.17) is 5.26 Å². The van der Waals surface area contributed by atoms with Gasteiger partial charge in [-0.2, -0.15) is 5.26 Å². The number of nitrogens with zero attached hydrogens (tertiary/aromatic N) is 2. The summed E-state index contributed by atoms with van der Waals surface area (Å²) < 4.78 is 24.1. The predicted molar refractivity (Wildman–Crippen MR) is 69.2 cm³/mol. The molecule has 1 atom stereocenters. The summed E-state index contributed by atoms with van der Waals surface area (Å²) in [6, 6.07) is 4.74. The highest BCUT2D eigenvalue weighted by Gasteiger charge is 2.24. The molecule has 1 aliphatic rings. The van der Waals surface area contributed by atoms with Gasteiger partial charge in [0.1, 0.15) is 0 Å². The molecule has 0 aromatic carbocycles. The van der Waals surface area contributed by atoms with Gasteiger partial charge in [-0.3, -0.25) is 0 Å². The summed E-state index contributed by atoms with van der Waals surface area (Å²) in [4.78, 5) is 3.84. The van der Waals surface area contributed by atoms with Crippen molar-refractivity contribution in [2.24, 2.45) is 5.92 Å². The molecule has 0 saturated carbocycles. The highest BCUT2D eigenvalue weighted by atomic mass is 35.5. The number of nitriles is 1. The number of halogens is 1. The van der Waals surface area contributed by atoms with Crippen LogP contribution >= 0.6 is 12.4 Å². The number of sulfone groups is 1. The maximum atomic E-state index is 12.1. The van der Waals surface area contributed by atoms with E-state index in [1.165, 1.54) is 18.3 Å². The van der Waals surface area contributed by atoms with Gasteiger partial charge in [0.05, 0.1) is 17.4 Å². The Morgan fingerprint density at radius 2 is 2.33 bits per heavy atom. The first-order chi connectivity index (χ1) is 8.12. The second-order valence-electron chi connectivity index (χ2n) is 4.13. The van der Waals surface area contributed by atoms with E-state index in [0.29, 0.717) is 5.56 Å². The minimum absolute atomic E-state index is 0. The summed E-state index contributed by atoms with van der Waals surface area (Å²) in [6.07, 6.45) is 2.23. The minimum Gasteiger partial charge on any atom is -0.316 e. The van der Waals surface area contributed by atoms with E-state index >= 15 is 0 Å². The van der Waals surface area contributed by atoms with Crippen LogP contribution in [-0.2, 0) is 9.84 Å². The van der Waals surface area contributed by atoms with Crippen molar-refractivity contribution in [2.45, 2.75) is 11.4 Å². The largest absolute Gasteiger partial charge is 0.316 e. The number of aromatic nitrogens is 1. The predicted octanol–water partition coefficient (Wildman–Crippen LogP) is 0.758. The zero-order valence-electron chi connectivity index (χ0n) is 9.67. The third-order valence-electron chi connectivity index (χ3n) is 2.80. The van der Waals surface area contributed by atoms with Crippen LogP contribution in [0.25, 0.3) is 0 Å². The lowest BCUT2D eigenvalue weighted by molar-refractivity contribution is 0.567. The molecule has 0 bridgehead atoms. The maximum absolute atomic E-state index is 12.1. The van der Waals surface area contributed by atoms with Crippen molar-refractivity contribution in [3.63, 3.8) is 0 Å². The Labute approximate surface area is 113 Å². The van der Waals surface area contributed by atoms with Gasteiger partial charge in [-0.25, -0.2) is 13.4 Å². The molecule has 1 unspecified atom stereocenters. The smallest absolute Gasteiger partial charge is 0.195 e. The fourth-order valence-corrected chi connectivity index (χ4v) is 3.51. The zero-order chi connectivity index (χ0) is 12.3. The molecule has 2 rings (SSSR count). The van der Waals surface area contributed by atoms with Crippen molar-refractivity contribution < 1.29 is 8.42 Å². The Morgan fingerprint density at radius 1 is 1.56 bits per heavy atom. The SMILES string of the molecule is Cl.N#Cc1ccnc(S(=O)(=O)CC2CCNC2)c1. The van der Waals surface area contributed by atoms with E-state index in [1.54, 1.807) is 0 Å². The van der Waals surface area contributed by atoms with E-state index in [0.717, 1.165) is 19.5 Å². The molecule has 2 heterocycles. The van der Waals surface area contributed by atoms with Crippen LogP contribution in [0.4, 0.5) is 0 Å². The molecule has 1 N–H and O–H groups in total. The first kappa shape index (κ1) is 14.9. The summed E-state index contributed by atoms with van der Waals surface area (Å²) in [5, 5.41) is 11.9. The van der Waals surface area contributed by atoms with Crippen LogP contribution in [0.3, 0.4) is 0 Å². The molecule has 1 aliphatic heterocycles. The van der Waals surface area contributed by atoms with Gasteiger partial charge in [0.25, 0.3) is 0 Å². The van der Waals surface area contributed by atoms with E-state index in [9.17, 15) is 8.42 Å². The quantitative estimate of drug-likeness (QED) is 0.887. The van der Waals surface area contributed by atoms with Crippen molar-refractivity contribution in [3.8, 4) is 6.07 Å². The number of pyridine rings is 1. The molecular formula is C11H14ClN3O2S. The molecule has 7 heteroatoms. The molecular weight excluding hydrogens is 274 g/mol. The summed E-state index contributed by atoms with van der Waals surface area (Å²) in [5.41, 5.74) is 0.322. The van der Waals surface area contributed by atoms with E-state index in [-0.39, 0.29) is 29.1 Å². The fraction of sp³-hybridized carbons (Fsp3) is 0.455. The summed E-state index contributed by atoms with van der Waals surface area (Å²) in [7, 11) is -3.38. The van der Waals surface area contributed by atoms with Gasteiger partial charge in [-0.1, -0.05) is 0 Å². The number of nitrogens with one attached hydrogen (secondary N) is 1. The van der Waals surface area contributed by atoms with Gasteiger partial charge < -0.3 is 5.32 Å². The Kier molecular flexibility index (Phi) is 5.08. The third kappa shape index (κ3) is 3.42. The van der Waals surface area contributed by atoms with Crippen molar-refractivity contribution in [2.75, 3.05) is 18.8 Å². The summed E-state index contributed by atoms with van der Waals surface area (Å²) in [5.74, 6) is 0.245. The number of rotatable bonds is 3. The second kappa shape index (κ2) is 6.14. The molecule has 0 radical (unpaired) electrons. The van der Waals surface area contributed by atoms with Crippen LogP contribution in [0.15, 0.2) is 23.4 Å². The molecule has 0 amide bonds. The molecule has 0 spiro atoms. The van der Waals surface area contributed by atoms with Crippen molar-refractivity contribution in [1.82, 2.24) is 10.3 Å². The van der Waals surface area contributed by atoms with Crippen LogP contribution in [0.5, 0.6) is 0 Å². The molecule has 1 aromatic rings. The van der Waals surface area contributed by atoms with E-state index in [1.807, 2.05) is 6.07 Å². The minimum atomic E-state index is -3.38. The number of hydrogen-bond acceptors (Lipinski definition) is 5. The van der Waals surface area contributed by atoms with Crippen LogP contribution < -0.4 is 5.32 Å². The fourth-order valence-electron chi connectivity index (χ4n) is 1.90. The standard InChI is InChI=1S/C11H13N3O2S.ClH/c12-6-9-2-4-14-11(5-9)17(15,16)8-10-1-3-13-7-10;/h2,4-5,10,13H,1,3,7-8H2;1H. The van der Waals surface area contributed by atoms with Gasteiger partial charge in [0, 0.05) is 6.20 Å². The van der Waals surface area contributed by atoms with Crippen LogP contribution in [-0.4, -0.2) is 32.2 Å². The lowest BCUT2D eigenvalue weighted by atomic mass is 10.2. The van der Waals surface area contributed by atoms with E-state index < -0.39 is 9.84 Å². The van der Waals surface area contributed by atoms with Gasteiger partial charge >= 0.3 is 0 Å². The monoisotopic (exact) mass is 287 g/mol. The molecule has 18 heavy (non-hydrogen) atoms. The average Bonchev–Trinajstić information content (AvgIpc) is 2.81. The van der Waals surface area contributed by atoms with Gasteiger partial charge in [0.2, 0.25) is 0 Å². The zero-order valence-corrected chi connectivity index (χ0v) is 11.3. The summed E-state index contributed by atoms with van der Waals surface area (Å²) in [6.45, 7) is 1.60. The van der Waals surface area contributed by atoms with Gasteiger partial charge in [-0.15, -0.1) is 12.4 Å². The number of hydrogen-bond donors (Lipinski definition) is 1. The lowest BCUT2D eigenvalue weighted by Crippen LogP contribution is -2.19. The van der Waals surface area contributed by atoms with Gasteiger partial charge in [-0.05, 0) is 37.6 Å². The highest BCUT2D eigenvalue weighted by Crippen LogP contribution is 2.16. The van der Waals surface area contributed by atoms with Gasteiger partial charge in [0.15, 0.2) is 14.9 Å². The first-order valence-electron chi connectivity index (χ1n) is 5.41.